The van der Waals surface area contributed by atoms with Crippen molar-refractivity contribution in [2.24, 2.45) is 0 Å². The van der Waals surface area contributed by atoms with Crippen molar-refractivity contribution in [1.82, 2.24) is 0 Å². The molecule has 0 aliphatic carbocycles. The van der Waals surface area contributed by atoms with Crippen LogP contribution in [0.5, 0.6) is 0 Å². The third-order valence-electron chi connectivity index (χ3n) is 0. The summed E-state index contributed by atoms with van der Waals surface area (Å²) in [6.07, 6.45) is 0. The standard InChI is InChI=1S/Li.2Mn.4H2O/h;;;4*1H2/q+1;;;;;;/p-1. The minimum atomic E-state index is 0. The average Bonchev–Trinajstić information content (AvgIpc) is 0. The Morgan fingerprint density at radius 2 is 0.571 bits per heavy atom. The van der Waals surface area contributed by atoms with Gasteiger partial charge in [-0.1, -0.05) is 0 Å². The van der Waals surface area contributed by atoms with Gasteiger partial charge in [0.25, 0.3) is 0 Å². The molecule has 2 radical (unpaired) electrons. The first-order valence-electron chi connectivity index (χ1n) is 0. The van der Waals surface area contributed by atoms with Crippen molar-refractivity contribution >= 4 is 0 Å². The van der Waals surface area contributed by atoms with Gasteiger partial charge in [-0.2, -0.15) is 0 Å². The van der Waals surface area contributed by atoms with E-state index in [1.807, 2.05) is 0 Å². The molecule has 0 spiro atoms. The molecule has 46 valence electrons. The second kappa shape index (κ2) is 144. The summed E-state index contributed by atoms with van der Waals surface area (Å²) in [5.74, 6) is 0. The van der Waals surface area contributed by atoms with E-state index in [2.05, 4.69) is 0 Å². The van der Waals surface area contributed by atoms with Crippen molar-refractivity contribution in [2.45, 2.75) is 0 Å². The van der Waals surface area contributed by atoms with Gasteiger partial charge in [0.15, 0.2) is 0 Å². The summed E-state index contributed by atoms with van der Waals surface area (Å²) < 4.78 is 0. The molecule has 4 nitrogen and oxygen atoms in total. The summed E-state index contributed by atoms with van der Waals surface area (Å²) in [6, 6.07) is 0. The van der Waals surface area contributed by atoms with Crippen molar-refractivity contribution in [1.29, 1.82) is 0 Å². The Morgan fingerprint density at radius 1 is 0.571 bits per heavy atom. The maximum Gasteiger partial charge on any atom is 1.00 e. The van der Waals surface area contributed by atoms with Crippen molar-refractivity contribution in [3.8, 4) is 0 Å². The van der Waals surface area contributed by atoms with Crippen LogP contribution in [0.1, 0.15) is 0 Å². The molecule has 0 unspecified atom stereocenters. The Kier molecular flexibility index (Phi) is 4470. The second-order valence-corrected chi connectivity index (χ2v) is 0. The minimum absolute atomic E-state index is 0. The summed E-state index contributed by atoms with van der Waals surface area (Å²) in [5, 5.41) is 0. The summed E-state index contributed by atoms with van der Waals surface area (Å²) >= 11 is 0. The first-order valence-corrected chi connectivity index (χ1v) is 0. The minimum Gasteiger partial charge on any atom is -0.870 e. The number of hydrogen-bond donors (Lipinski definition) is 0. The van der Waals surface area contributed by atoms with Crippen LogP contribution in [0.3, 0.4) is 0 Å². The van der Waals surface area contributed by atoms with E-state index in [1.165, 1.54) is 0 Å². The molecule has 0 saturated carbocycles. The maximum absolute atomic E-state index is 0. The molecule has 0 aromatic rings. The van der Waals surface area contributed by atoms with Gasteiger partial charge in [0.05, 0.1) is 0 Å². The van der Waals surface area contributed by atoms with Gasteiger partial charge in [-0.25, -0.2) is 0 Å². The zero-order valence-electron chi connectivity index (χ0n) is 3.70. The first-order chi connectivity index (χ1) is 0. The molecular formula is H7LiMn2O4. The van der Waals surface area contributed by atoms with Gasteiger partial charge in [0.2, 0.25) is 0 Å². The van der Waals surface area contributed by atoms with Gasteiger partial charge in [-0.15, -0.1) is 0 Å². The summed E-state index contributed by atoms with van der Waals surface area (Å²) in [4.78, 5) is 0. The van der Waals surface area contributed by atoms with Gasteiger partial charge in [0, 0.05) is 34.1 Å². The fourth-order valence-electron chi connectivity index (χ4n) is 0. The molecule has 7 heteroatoms. The molecule has 0 saturated heterocycles. The topological polar surface area (TPSA) is 124 Å². The Bertz CT molecular complexity index is 9.65. The van der Waals surface area contributed by atoms with Gasteiger partial charge in [-0.05, 0) is 0 Å². The summed E-state index contributed by atoms with van der Waals surface area (Å²) in [5.41, 5.74) is 0. The zero-order chi connectivity index (χ0) is 0. The molecule has 0 bridgehead atoms. The fourth-order valence-corrected chi connectivity index (χ4v) is 0. The predicted octanol–water partition coefficient (Wildman–Crippen LogP) is -5.65. The van der Waals surface area contributed by atoms with E-state index < -0.39 is 0 Å². The molecular weight excluding hydrogens is 181 g/mol. The summed E-state index contributed by atoms with van der Waals surface area (Å²) in [7, 11) is 0. The van der Waals surface area contributed by atoms with Crippen LogP contribution in [0.25, 0.3) is 0 Å². The largest absolute Gasteiger partial charge is 1.00 e. The van der Waals surface area contributed by atoms with E-state index in [0.717, 1.165) is 0 Å². The molecule has 0 amide bonds. The van der Waals surface area contributed by atoms with E-state index in [0.29, 0.717) is 0 Å². The molecule has 0 aromatic carbocycles. The van der Waals surface area contributed by atoms with Crippen LogP contribution in [0, 0.1) is 0 Å². The number of hydrogen-bond acceptors (Lipinski definition) is 1. The normalized spacial score (nSPS) is 0. The SMILES string of the molecule is O.O.O.[Li+].[Mn].[Mn].[OH-]. The molecule has 7 heavy (non-hydrogen) atoms. The van der Waals surface area contributed by atoms with E-state index in [9.17, 15) is 0 Å². The molecule has 0 rings (SSSR count). The van der Waals surface area contributed by atoms with Crippen LogP contribution in [-0.2, 0) is 34.1 Å². The van der Waals surface area contributed by atoms with Crippen LogP contribution >= 0.6 is 0 Å². The van der Waals surface area contributed by atoms with Crippen molar-refractivity contribution < 1.29 is 74.9 Å². The van der Waals surface area contributed by atoms with Crippen LogP contribution in [0.2, 0.25) is 0 Å². The van der Waals surface area contributed by atoms with E-state index in [4.69, 9.17) is 0 Å². The summed E-state index contributed by atoms with van der Waals surface area (Å²) in [6.45, 7) is 0. The smallest absolute Gasteiger partial charge is 0.870 e. The Morgan fingerprint density at radius 3 is 0.571 bits per heavy atom. The average molecular weight is 188 g/mol. The number of rotatable bonds is 0. The van der Waals surface area contributed by atoms with Crippen LogP contribution < -0.4 is 18.9 Å². The molecule has 0 aromatic heterocycles. The van der Waals surface area contributed by atoms with Crippen LogP contribution in [0.15, 0.2) is 0 Å². The Labute approximate surface area is 74.8 Å². The van der Waals surface area contributed by atoms with Crippen LogP contribution in [-0.4, -0.2) is 21.9 Å². The molecule has 7 N–H and O–H groups in total. The second-order valence-electron chi connectivity index (χ2n) is 0. The third kappa shape index (κ3) is 103. The van der Waals surface area contributed by atoms with E-state index in [1.54, 1.807) is 0 Å². The van der Waals surface area contributed by atoms with Gasteiger partial charge < -0.3 is 21.9 Å². The van der Waals surface area contributed by atoms with Crippen molar-refractivity contribution in [3.63, 3.8) is 0 Å². The van der Waals surface area contributed by atoms with Crippen molar-refractivity contribution in [2.75, 3.05) is 0 Å². The molecule has 0 aliphatic heterocycles. The van der Waals surface area contributed by atoms with Gasteiger partial charge in [-0.3, -0.25) is 0 Å². The molecule has 0 fully saturated rings. The zero-order valence-corrected chi connectivity index (χ0v) is 6.06. The Balaban J connectivity index is 0. The predicted molar refractivity (Wildman–Crippen MR) is 12.8 cm³/mol. The maximum atomic E-state index is 0. The first kappa shape index (κ1) is 217. The molecule has 0 atom stereocenters. The van der Waals surface area contributed by atoms with E-state index in [-0.39, 0.29) is 74.9 Å². The monoisotopic (exact) mass is 188 g/mol. The third-order valence-corrected chi connectivity index (χ3v) is 0. The van der Waals surface area contributed by atoms with Gasteiger partial charge >= 0.3 is 18.9 Å². The molecule has 0 heterocycles. The fraction of sp³-hybridized carbons (Fsp3) is 0. The van der Waals surface area contributed by atoms with Gasteiger partial charge in [0.1, 0.15) is 0 Å². The van der Waals surface area contributed by atoms with E-state index >= 15 is 0 Å². The quantitative estimate of drug-likeness (QED) is 0.345. The molecule has 0 aliphatic rings. The van der Waals surface area contributed by atoms with Crippen molar-refractivity contribution in [3.05, 3.63) is 0 Å². The van der Waals surface area contributed by atoms with Crippen LogP contribution in [0.4, 0.5) is 0 Å². The Hall–Kier alpha value is 1.48.